The zero-order valence-electron chi connectivity index (χ0n) is 16.1. The fraction of sp³-hybridized carbons (Fsp3) is 0.273. The van der Waals surface area contributed by atoms with Crippen molar-refractivity contribution in [3.8, 4) is 0 Å². The van der Waals surface area contributed by atoms with Crippen molar-refractivity contribution >= 4 is 28.8 Å². The van der Waals surface area contributed by atoms with Gasteiger partial charge in [0.1, 0.15) is 5.82 Å². The van der Waals surface area contributed by atoms with E-state index in [2.05, 4.69) is 57.4 Å². The van der Waals surface area contributed by atoms with Crippen molar-refractivity contribution in [1.29, 1.82) is 0 Å². The molecule has 1 fully saturated rings. The molecule has 0 atom stereocenters. The quantitative estimate of drug-likeness (QED) is 0.696. The van der Waals surface area contributed by atoms with E-state index in [-0.39, 0.29) is 0 Å². The molecule has 1 aliphatic heterocycles. The zero-order chi connectivity index (χ0) is 19.2. The molecular formula is C22H25N5O. The predicted molar refractivity (Wildman–Crippen MR) is 114 cm³/mol. The first-order valence-corrected chi connectivity index (χ1v) is 9.69. The Bertz CT molecular complexity index is 896. The van der Waals surface area contributed by atoms with Crippen LogP contribution in [-0.4, -0.2) is 42.8 Å². The Hall–Kier alpha value is -3.12. The molecular weight excluding hydrogens is 350 g/mol. The van der Waals surface area contributed by atoms with Crippen LogP contribution in [0.1, 0.15) is 6.92 Å². The van der Waals surface area contributed by atoms with E-state index in [1.807, 2.05) is 30.3 Å². The maximum Gasteiger partial charge on any atom is 0.229 e. The average molecular weight is 375 g/mol. The molecule has 2 aromatic carbocycles. The van der Waals surface area contributed by atoms with Gasteiger partial charge in [-0.2, -0.15) is 4.98 Å². The van der Waals surface area contributed by atoms with E-state index in [1.165, 1.54) is 0 Å². The lowest BCUT2D eigenvalue weighted by molar-refractivity contribution is 0.123. The predicted octanol–water partition coefficient (Wildman–Crippen LogP) is 4.21. The molecule has 0 unspecified atom stereocenters. The number of aromatic nitrogens is 2. The van der Waals surface area contributed by atoms with Gasteiger partial charge in [0.2, 0.25) is 5.95 Å². The number of ether oxygens (including phenoxy) is 1. The number of anilines is 5. The fourth-order valence-corrected chi connectivity index (χ4v) is 3.42. The van der Waals surface area contributed by atoms with Gasteiger partial charge in [-0.3, -0.25) is 0 Å². The maximum atomic E-state index is 5.48. The van der Waals surface area contributed by atoms with Crippen molar-refractivity contribution in [2.45, 2.75) is 6.92 Å². The number of para-hydroxylation sites is 3. The highest BCUT2D eigenvalue weighted by Crippen LogP contribution is 2.29. The lowest BCUT2D eigenvalue weighted by Crippen LogP contribution is -2.36. The lowest BCUT2D eigenvalue weighted by Gasteiger charge is -2.30. The highest BCUT2D eigenvalue weighted by Gasteiger charge is 2.15. The van der Waals surface area contributed by atoms with Crippen LogP contribution in [0.5, 0.6) is 0 Å². The fourth-order valence-electron chi connectivity index (χ4n) is 3.42. The molecule has 0 amide bonds. The minimum Gasteiger partial charge on any atom is -0.378 e. The third-order valence-corrected chi connectivity index (χ3v) is 4.80. The largest absolute Gasteiger partial charge is 0.378 e. The SMILES string of the molecule is CCN(c1ccccc1)c1ccnc(Nc2ccccc2N2CCOCC2)n1. The lowest BCUT2D eigenvalue weighted by atomic mass is 10.2. The number of rotatable bonds is 6. The molecule has 0 bridgehead atoms. The Labute approximate surface area is 165 Å². The summed E-state index contributed by atoms with van der Waals surface area (Å²) in [5.41, 5.74) is 3.27. The van der Waals surface area contributed by atoms with Gasteiger partial charge in [0.15, 0.2) is 0 Å². The Morgan fingerprint density at radius 2 is 1.75 bits per heavy atom. The van der Waals surface area contributed by atoms with E-state index in [0.717, 1.165) is 55.7 Å². The van der Waals surface area contributed by atoms with Crippen LogP contribution in [0.2, 0.25) is 0 Å². The smallest absolute Gasteiger partial charge is 0.229 e. The van der Waals surface area contributed by atoms with Crippen molar-refractivity contribution in [2.24, 2.45) is 0 Å². The van der Waals surface area contributed by atoms with Gasteiger partial charge in [0, 0.05) is 31.5 Å². The Balaban J connectivity index is 1.59. The maximum absolute atomic E-state index is 5.48. The molecule has 0 saturated carbocycles. The molecule has 6 nitrogen and oxygen atoms in total. The summed E-state index contributed by atoms with van der Waals surface area (Å²) in [6.45, 7) is 6.22. The van der Waals surface area contributed by atoms with Crippen LogP contribution in [0.3, 0.4) is 0 Å². The first kappa shape index (κ1) is 18.3. The van der Waals surface area contributed by atoms with Crippen LogP contribution in [0.4, 0.5) is 28.8 Å². The van der Waals surface area contributed by atoms with Gasteiger partial charge in [-0.05, 0) is 37.3 Å². The van der Waals surface area contributed by atoms with E-state index in [0.29, 0.717) is 5.95 Å². The minimum absolute atomic E-state index is 0.590. The van der Waals surface area contributed by atoms with Crippen LogP contribution in [-0.2, 0) is 4.74 Å². The summed E-state index contributed by atoms with van der Waals surface area (Å²) in [6, 6.07) is 20.5. The van der Waals surface area contributed by atoms with Crippen LogP contribution < -0.4 is 15.1 Å². The van der Waals surface area contributed by atoms with Gasteiger partial charge in [0.25, 0.3) is 0 Å². The summed E-state index contributed by atoms with van der Waals surface area (Å²) in [7, 11) is 0. The van der Waals surface area contributed by atoms with E-state index >= 15 is 0 Å². The third-order valence-electron chi connectivity index (χ3n) is 4.80. The van der Waals surface area contributed by atoms with Crippen molar-refractivity contribution in [3.63, 3.8) is 0 Å². The Morgan fingerprint density at radius 1 is 1.00 bits per heavy atom. The summed E-state index contributed by atoms with van der Waals surface area (Å²) in [6.07, 6.45) is 1.80. The molecule has 1 saturated heterocycles. The molecule has 0 aliphatic carbocycles. The standard InChI is InChI=1S/C22H25N5O/c1-2-27(18-8-4-3-5-9-18)21-12-13-23-22(25-21)24-19-10-6-7-11-20(19)26-14-16-28-17-15-26/h3-13H,2,14-17H2,1H3,(H,23,24,25). The van der Waals surface area contributed by atoms with Crippen LogP contribution in [0.15, 0.2) is 66.9 Å². The molecule has 1 aliphatic rings. The van der Waals surface area contributed by atoms with Gasteiger partial charge >= 0.3 is 0 Å². The number of hydrogen-bond acceptors (Lipinski definition) is 6. The van der Waals surface area contributed by atoms with E-state index in [9.17, 15) is 0 Å². The molecule has 2 heterocycles. The molecule has 3 aromatic rings. The summed E-state index contributed by atoms with van der Waals surface area (Å²) in [5, 5.41) is 3.41. The van der Waals surface area contributed by atoms with E-state index < -0.39 is 0 Å². The molecule has 144 valence electrons. The van der Waals surface area contributed by atoms with Gasteiger partial charge in [0.05, 0.1) is 24.6 Å². The molecule has 6 heteroatoms. The third kappa shape index (κ3) is 4.07. The summed E-state index contributed by atoms with van der Waals surface area (Å²) in [5.74, 6) is 1.46. The number of nitrogens with zero attached hydrogens (tertiary/aromatic N) is 4. The number of benzene rings is 2. The summed E-state index contributed by atoms with van der Waals surface area (Å²) >= 11 is 0. The summed E-state index contributed by atoms with van der Waals surface area (Å²) in [4.78, 5) is 13.7. The zero-order valence-corrected chi connectivity index (χ0v) is 16.1. The van der Waals surface area contributed by atoms with Crippen molar-refractivity contribution in [2.75, 3.05) is 48.0 Å². The number of nitrogens with one attached hydrogen (secondary N) is 1. The van der Waals surface area contributed by atoms with Gasteiger partial charge in [-0.25, -0.2) is 4.98 Å². The van der Waals surface area contributed by atoms with Crippen LogP contribution >= 0.6 is 0 Å². The van der Waals surface area contributed by atoms with Crippen molar-refractivity contribution in [1.82, 2.24) is 9.97 Å². The second-order valence-corrected chi connectivity index (χ2v) is 6.56. The van der Waals surface area contributed by atoms with Crippen LogP contribution in [0, 0.1) is 0 Å². The highest BCUT2D eigenvalue weighted by atomic mass is 16.5. The van der Waals surface area contributed by atoms with Crippen molar-refractivity contribution < 1.29 is 4.74 Å². The Kier molecular flexibility index (Phi) is 5.68. The monoisotopic (exact) mass is 375 g/mol. The average Bonchev–Trinajstić information content (AvgIpc) is 2.76. The van der Waals surface area contributed by atoms with Gasteiger partial charge < -0.3 is 19.9 Å². The highest BCUT2D eigenvalue weighted by molar-refractivity contribution is 5.74. The number of hydrogen-bond donors (Lipinski definition) is 1. The summed E-state index contributed by atoms with van der Waals surface area (Å²) < 4.78 is 5.48. The number of morpholine rings is 1. The second-order valence-electron chi connectivity index (χ2n) is 6.56. The van der Waals surface area contributed by atoms with Crippen molar-refractivity contribution in [3.05, 3.63) is 66.9 Å². The van der Waals surface area contributed by atoms with E-state index in [4.69, 9.17) is 9.72 Å². The molecule has 28 heavy (non-hydrogen) atoms. The molecule has 0 radical (unpaired) electrons. The van der Waals surface area contributed by atoms with Gasteiger partial charge in [-0.15, -0.1) is 0 Å². The molecule has 1 N–H and O–H groups in total. The van der Waals surface area contributed by atoms with E-state index in [1.54, 1.807) is 6.20 Å². The topological polar surface area (TPSA) is 53.5 Å². The first-order valence-electron chi connectivity index (χ1n) is 9.69. The normalized spacial score (nSPS) is 14.0. The molecule has 4 rings (SSSR count). The molecule has 1 aromatic heterocycles. The Morgan fingerprint density at radius 3 is 2.54 bits per heavy atom. The second kappa shape index (κ2) is 8.71. The first-order chi connectivity index (χ1) is 13.8. The minimum atomic E-state index is 0.590. The van der Waals surface area contributed by atoms with Crippen LogP contribution in [0.25, 0.3) is 0 Å². The van der Waals surface area contributed by atoms with Gasteiger partial charge in [-0.1, -0.05) is 30.3 Å². The molecule has 0 spiro atoms.